The van der Waals surface area contributed by atoms with Gasteiger partial charge in [0, 0.05) is 10.4 Å². The molecule has 0 atom stereocenters. The predicted octanol–water partition coefficient (Wildman–Crippen LogP) is 2.63. The maximum atomic E-state index is 12.9. The number of H-pyrrole nitrogens is 1. The van der Waals surface area contributed by atoms with E-state index in [9.17, 15) is 9.18 Å². The lowest BCUT2D eigenvalue weighted by Crippen LogP contribution is -2.13. The minimum atomic E-state index is -0.410. The predicted molar refractivity (Wildman–Crippen MR) is 76.6 cm³/mol. The summed E-state index contributed by atoms with van der Waals surface area (Å²) in [6.45, 7) is 1.89. The molecule has 0 unspecified atom stereocenters. The molecular formula is C13H10FN5OS. The number of benzene rings is 1. The fourth-order valence-corrected chi connectivity index (χ4v) is 2.63. The molecule has 0 spiro atoms. The van der Waals surface area contributed by atoms with Crippen LogP contribution in [0.4, 0.5) is 9.52 Å². The number of halogens is 1. The fraction of sp³-hybridized carbons (Fsp3) is 0.0769. The van der Waals surface area contributed by atoms with Crippen LogP contribution in [0.2, 0.25) is 0 Å². The lowest BCUT2D eigenvalue weighted by Gasteiger charge is -1.98. The van der Waals surface area contributed by atoms with E-state index >= 15 is 0 Å². The molecule has 0 fully saturated rings. The van der Waals surface area contributed by atoms with E-state index in [1.54, 1.807) is 12.1 Å². The zero-order valence-electron chi connectivity index (χ0n) is 10.9. The van der Waals surface area contributed by atoms with Gasteiger partial charge in [0.05, 0.1) is 5.69 Å². The van der Waals surface area contributed by atoms with E-state index in [0.29, 0.717) is 10.8 Å². The number of carbonyl (C=O) groups excluding carboxylic acids is 1. The number of hydrogen-bond acceptors (Lipinski definition) is 5. The first-order valence-electron chi connectivity index (χ1n) is 6.03. The largest absolute Gasteiger partial charge is 0.295 e. The van der Waals surface area contributed by atoms with Crippen molar-refractivity contribution in [3.63, 3.8) is 0 Å². The molecule has 3 aromatic rings. The van der Waals surface area contributed by atoms with E-state index in [2.05, 4.69) is 25.5 Å². The van der Waals surface area contributed by atoms with Gasteiger partial charge in [-0.2, -0.15) is 5.10 Å². The van der Waals surface area contributed by atoms with Gasteiger partial charge in [-0.1, -0.05) is 0 Å². The zero-order valence-corrected chi connectivity index (χ0v) is 11.7. The smallest absolute Gasteiger partial charge is 0.294 e. The Hall–Kier alpha value is -2.61. The molecule has 0 bridgehead atoms. The van der Waals surface area contributed by atoms with Crippen molar-refractivity contribution in [1.29, 1.82) is 0 Å². The fourth-order valence-electron chi connectivity index (χ4n) is 1.80. The van der Waals surface area contributed by atoms with E-state index in [0.717, 1.165) is 10.4 Å². The number of nitrogens with zero attached hydrogens (tertiary/aromatic N) is 3. The van der Waals surface area contributed by atoms with Crippen LogP contribution in [0.3, 0.4) is 0 Å². The average molecular weight is 303 g/mol. The number of aromatic nitrogens is 4. The molecule has 1 aromatic carbocycles. The van der Waals surface area contributed by atoms with Gasteiger partial charge in [-0.25, -0.2) is 14.4 Å². The Balaban J connectivity index is 1.84. The third-order valence-corrected chi connectivity index (χ3v) is 3.65. The topological polar surface area (TPSA) is 83.6 Å². The first kappa shape index (κ1) is 13.4. The third-order valence-electron chi connectivity index (χ3n) is 2.76. The van der Waals surface area contributed by atoms with E-state index < -0.39 is 5.91 Å². The molecule has 8 heteroatoms. The molecule has 0 saturated heterocycles. The lowest BCUT2D eigenvalue weighted by molar-refractivity contribution is 0.101. The number of thiazole rings is 1. The van der Waals surface area contributed by atoms with Gasteiger partial charge in [0.2, 0.25) is 5.82 Å². The van der Waals surface area contributed by atoms with Gasteiger partial charge in [0.1, 0.15) is 12.1 Å². The highest BCUT2D eigenvalue weighted by Gasteiger charge is 2.14. The van der Waals surface area contributed by atoms with Crippen molar-refractivity contribution in [2.24, 2.45) is 0 Å². The van der Waals surface area contributed by atoms with E-state index in [1.807, 2.05) is 6.92 Å². The molecule has 2 heterocycles. The number of aryl methyl sites for hydroxylation is 1. The highest BCUT2D eigenvalue weighted by Crippen LogP contribution is 2.30. The summed E-state index contributed by atoms with van der Waals surface area (Å²) < 4.78 is 12.9. The molecule has 0 aliphatic carbocycles. The maximum Gasteiger partial charge on any atom is 0.294 e. The van der Waals surface area contributed by atoms with Gasteiger partial charge in [-0.15, -0.1) is 11.3 Å². The number of anilines is 1. The number of amides is 1. The Bertz CT molecular complexity index is 766. The summed E-state index contributed by atoms with van der Waals surface area (Å²) in [6.07, 6.45) is 1.26. The summed E-state index contributed by atoms with van der Waals surface area (Å²) in [6, 6.07) is 6.06. The highest BCUT2D eigenvalue weighted by atomic mass is 32.1. The quantitative estimate of drug-likeness (QED) is 0.779. The minimum absolute atomic E-state index is 0.117. The molecular weight excluding hydrogens is 293 g/mol. The molecule has 2 aromatic heterocycles. The normalized spacial score (nSPS) is 10.6. The number of nitrogens with one attached hydrogen (secondary N) is 2. The Morgan fingerprint density at radius 3 is 2.76 bits per heavy atom. The van der Waals surface area contributed by atoms with Gasteiger partial charge in [-0.05, 0) is 31.2 Å². The molecule has 6 nitrogen and oxygen atoms in total. The van der Waals surface area contributed by atoms with Crippen LogP contribution in [-0.4, -0.2) is 26.1 Å². The van der Waals surface area contributed by atoms with Crippen LogP contribution in [0.5, 0.6) is 0 Å². The summed E-state index contributed by atoms with van der Waals surface area (Å²) in [5.41, 5.74) is 1.51. The van der Waals surface area contributed by atoms with E-state index in [-0.39, 0.29) is 11.6 Å². The molecule has 0 radical (unpaired) electrons. The highest BCUT2D eigenvalue weighted by molar-refractivity contribution is 7.16. The molecule has 0 aliphatic rings. The minimum Gasteiger partial charge on any atom is -0.295 e. The van der Waals surface area contributed by atoms with Gasteiger partial charge in [0.25, 0.3) is 5.91 Å². The van der Waals surface area contributed by atoms with Crippen molar-refractivity contribution in [3.8, 4) is 11.3 Å². The van der Waals surface area contributed by atoms with Crippen molar-refractivity contribution >= 4 is 22.4 Å². The number of hydrogen-bond donors (Lipinski definition) is 2. The second kappa shape index (κ2) is 5.41. The molecule has 2 N–H and O–H groups in total. The Morgan fingerprint density at radius 2 is 2.10 bits per heavy atom. The monoisotopic (exact) mass is 303 g/mol. The zero-order chi connectivity index (χ0) is 14.8. The van der Waals surface area contributed by atoms with Crippen molar-refractivity contribution in [2.75, 3.05) is 5.32 Å². The van der Waals surface area contributed by atoms with Crippen LogP contribution in [-0.2, 0) is 0 Å². The van der Waals surface area contributed by atoms with Gasteiger partial charge in [-0.3, -0.25) is 15.2 Å². The average Bonchev–Trinajstić information content (AvgIpc) is 3.10. The summed E-state index contributed by atoms with van der Waals surface area (Å²) in [4.78, 5) is 20.9. The van der Waals surface area contributed by atoms with Crippen molar-refractivity contribution in [2.45, 2.75) is 6.92 Å². The second-order valence-electron chi connectivity index (χ2n) is 4.22. The molecule has 3 rings (SSSR count). The number of aromatic amines is 1. The van der Waals surface area contributed by atoms with Gasteiger partial charge < -0.3 is 0 Å². The van der Waals surface area contributed by atoms with Crippen LogP contribution >= 0.6 is 11.3 Å². The standard InChI is InChI=1S/C13H10FN5OS/c1-7-10(8-2-4-9(14)5-3-8)17-13(21-7)18-12(20)11-15-6-16-19-11/h2-6H,1H3,(H,15,16,19)(H,17,18,20). The van der Waals surface area contributed by atoms with Gasteiger partial charge in [0.15, 0.2) is 5.13 Å². The van der Waals surface area contributed by atoms with Crippen molar-refractivity contribution < 1.29 is 9.18 Å². The molecule has 0 aliphatic heterocycles. The van der Waals surface area contributed by atoms with Crippen LogP contribution < -0.4 is 5.32 Å². The van der Waals surface area contributed by atoms with Crippen molar-refractivity contribution in [3.05, 3.63) is 47.1 Å². The second-order valence-corrected chi connectivity index (χ2v) is 5.42. The first-order valence-corrected chi connectivity index (χ1v) is 6.85. The maximum absolute atomic E-state index is 12.9. The molecule has 106 valence electrons. The summed E-state index contributed by atoms with van der Waals surface area (Å²) >= 11 is 1.34. The summed E-state index contributed by atoms with van der Waals surface area (Å²) in [7, 11) is 0. The Morgan fingerprint density at radius 1 is 1.33 bits per heavy atom. The first-order chi connectivity index (χ1) is 10.1. The number of rotatable bonds is 3. The SMILES string of the molecule is Cc1sc(NC(=O)c2ncn[nH]2)nc1-c1ccc(F)cc1. The summed E-state index contributed by atoms with van der Waals surface area (Å²) in [5, 5.41) is 9.19. The third kappa shape index (κ3) is 2.79. The molecule has 1 amide bonds. The summed E-state index contributed by atoms with van der Waals surface area (Å²) in [5.74, 6) is -0.594. The number of carbonyl (C=O) groups is 1. The van der Waals surface area contributed by atoms with Crippen LogP contribution in [0.1, 0.15) is 15.5 Å². The molecule has 0 saturated carbocycles. The van der Waals surface area contributed by atoms with Gasteiger partial charge >= 0.3 is 0 Å². The Labute approximate surface area is 123 Å². The van der Waals surface area contributed by atoms with Crippen LogP contribution in [0.15, 0.2) is 30.6 Å². The Kier molecular flexibility index (Phi) is 3.44. The van der Waals surface area contributed by atoms with Crippen LogP contribution in [0, 0.1) is 12.7 Å². The van der Waals surface area contributed by atoms with Crippen molar-refractivity contribution in [1.82, 2.24) is 20.2 Å². The molecule has 21 heavy (non-hydrogen) atoms. The van der Waals surface area contributed by atoms with E-state index in [4.69, 9.17) is 0 Å². The van der Waals surface area contributed by atoms with Crippen LogP contribution in [0.25, 0.3) is 11.3 Å². The lowest BCUT2D eigenvalue weighted by atomic mass is 10.1. The van der Waals surface area contributed by atoms with E-state index in [1.165, 1.54) is 29.8 Å².